The molecule has 1 atom stereocenters. The number of para-hydroxylation sites is 1. The topological polar surface area (TPSA) is 38.5 Å². The van der Waals surface area contributed by atoms with E-state index >= 15 is 0 Å². The molecule has 2 N–H and O–H groups in total. The number of hydrogen-bond donors (Lipinski definition) is 1. The van der Waals surface area contributed by atoms with Crippen LogP contribution in [0.3, 0.4) is 0 Å². The molecule has 0 spiro atoms. The molecule has 0 bridgehead atoms. The lowest BCUT2D eigenvalue weighted by atomic mass is 10.0. The smallest absolute Gasteiger partial charge is 0.123 e. The minimum Gasteiger partial charge on any atom is -0.496 e. The summed E-state index contributed by atoms with van der Waals surface area (Å²) in [6.45, 7) is 2.06. The van der Waals surface area contributed by atoms with Crippen LogP contribution >= 0.6 is 0 Å². The molecule has 1 aliphatic rings. The first-order valence-corrected chi connectivity index (χ1v) is 7.49. The molecule has 3 rings (SSSR count). The zero-order chi connectivity index (χ0) is 14.7. The second-order valence-corrected chi connectivity index (χ2v) is 5.62. The van der Waals surface area contributed by atoms with Gasteiger partial charge in [-0.2, -0.15) is 0 Å². The van der Waals surface area contributed by atoms with Gasteiger partial charge in [0.1, 0.15) is 5.75 Å². The van der Waals surface area contributed by atoms with Crippen LogP contribution in [0.2, 0.25) is 0 Å². The molecule has 0 saturated carbocycles. The maximum atomic E-state index is 5.89. The van der Waals surface area contributed by atoms with Crippen LogP contribution in [0.5, 0.6) is 5.75 Å². The molecule has 1 unspecified atom stereocenters. The molecular weight excluding hydrogens is 260 g/mol. The van der Waals surface area contributed by atoms with Gasteiger partial charge in [-0.05, 0) is 43.1 Å². The van der Waals surface area contributed by atoms with Gasteiger partial charge < -0.3 is 10.5 Å². The normalized spacial score (nSPS) is 18.8. The third-order valence-electron chi connectivity index (χ3n) is 4.20. The van der Waals surface area contributed by atoms with Crippen LogP contribution in [0.4, 0.5) is 5.69 Å². The lowest BCUT2D eigenvalue weighted by Gasteiger charge is -2.26. The summed E-state index contributed by atoms with van der Waals surface area (Å²) in [7, 11) is 1.75. The lowest BCUT2D eigenvalue weighted by Crippen LogP contribution is -2.23. The molecule has 110 valence electrons. The summed E-state index contributed by atoms with van der Waals surface area (Å²) in [4.78, 5) is 2.52. The van der Waals surface area contributed by atoms with E-state index < -0.39 is 0 Å². The molecule has 2 aromatic rings. The first-order chi connectivity index (χ1) is 10.3. The molecule has 1 heterocycles. The molecule has 0 aliphatic carbocycles. The van der Waals surface area contributed by atoms with Gasteiger partial charge in [0.25, 0.3) is 0 Å². The van der Waals surface area contributed by atoms with Crippen LogP contribution in [0.25, 0.3) is 0 Å². The Morgan fingerprint density at radius 2 is 2.05 bits per heavy atom. The van der Waals surface area contributed by atoms with Crippen molar-refractivity contribution in [1.29, 1.82) is 0 Å². The van der Waals surface area contributed by atoms with Gasteiger partial charge in [0.2, 0.25) is 0 Å². The van der Waals surface area contributed by atoms with Gasteiger partial charge in [0.15, 0.2) is 0 Å². The molecule has 1 saturated heterocycles. The number of nitrogen functional groups attached to an aromatic ring is 1. The van der Waals surface area contributed by atoms with Gasteiger partial charge >= 0.3 is 0 Å². The quantitative estimate of drug-likeness (QED) is 0.871. The van der Waals surface area contributed by atoms with Gasteiger partial charge in [-0.1, -0.05) is 30.3 Å². The average molecular weight is 282 g/mol. The van der Waals surface area contributed by atoms with E-state index in [1.807, 2.05) is 24.3 Å². The van der Waals surface area contributed by atoms with E-state index in [2.05, 4.69) is 29.2 Å². The molecular formula is C18H22N2O. The fourth-order valence-corrected chi connectivity index (χ4v) is 3.24. The molecule has 1 fully saturated rings. The average Bonchev–Trinajstić information content (AvgIpc) is 2.95. The van der Waals surface area contributed by atoms with Crippen molar-refractivity contribution in [2.24, 2.45) is 0 Å². The predicted octanol–water partition coefficient (Wildman–Crippen LogP) is 3.61. The van der Waals surface area contributed by atoms with Crippen LogP contribution in [0.15, 0.2) is 48.5 Å². The Morgan fingerprint density at radius 1 is 1.19 bits per heavy atom. The number of nitrogens with two attached hydrogens (primary N) is 1. The van der Waals surface area contributed by atoms with Crippen molar-refractivity contribution < 1.29 is 4.74 Å². The van der Waals surface area contributed by atoms with Crippen molar-refractivity contribution in [3.05, 3.63) is 59.7 Å². The van der Waals surface area contributed by atoms with Gasteiger partial charge in [-0.25, -0.2) is 0 Å². The molecule has 0 radical (unpaired) electrons. The van der Waals surface area contributed by atoms with E-state index in [4.69, 9.17) is 10.5 Å². The Balaban J connectivity index is 1.82. The maximum Gasteiger partial charge on any atom is 0.123 e. The van der Waals surface area contributed by atoms with Crippen LogP contribution in [-0.4, -0.2) is 18.6 Å². The first kappa shape index (κ1) is 14.0. The third kappa shape index (κ3) is 3.03. The van der Waals surface area contributed by atoms with Gasteiger partial charge in [0, 0.05) is 23.8 Å². The van der Waals surface area contributed by atoms with E-state index in [1.54, 1.807) is 7.11 Å². The summed E-state index contributed by atoms with van der Waals surface area (Å²) in [5, 5.41) is 0. The molecule has 0 aromatic heterocycles. The third-order valence-corrected chi connectivity index (χ3v) is 4.20. The number of hydrogen-bond acceptors (Lipinski definition) is 3. The highest BCUT2D eigenvalue weighted by molar-refractivity contribution is 5.41. The zero-order valence-corrected chi connectivity index (χ0v) is 12.5. The summed E-state index contributed by atoms with van der Waals surface area (Å²) in [6, 6.07) is 17.0. The van der Waals surface area contributed by atoms with Crippen LogP contribution in [0, 0.1) is 0 Å². The standard InChI is InChI=1S/C18H22N2O/c1-21-18-10-3-2-8-16(18)17-9-5-11-20(17)13-14-6-4-7-15(19)12-14/h2-4,6-8,10,12,17H,5,9,11,13,19H2,1H3. The van der Waals surface area contributed by atoms with E-state index in [0.29, 0.717) is 6.04 Å². The minimum atomic E-state index is 0.433. The van der Waals surface area contributed by atoms with Crippen molar-refractivity contribution in [1.82, 2.24) is 4.90 Å². The summed E-state index contributed by atoms with van der Waals surface area (Å²) >= 11 is 0. The van der Waals surface area contributed by atoms with Gasteiger partial charge in [-0.3, -0.25) is 4.90 Å². The number of nitrogens with zero attached hydrogens (tertiary/aromatic N) is 1. The highest BCUT2D eigenvalue weighted by Crippen LogP contribution is 2.37. The number of rotatable bonds is 4. The van der Waals surface area contributed by atoms with E-state index in [0.717, 1.165) is 24.5 Å². The van der Waals surface area contributed by atoms with Crippen molar-refractivity contribution in [3.8, 4) is 5.75 Å². The molecule has 3 nitrogen and oxygen atoms in total. The highest BCUT2D eigenvalue weighted by atomic mass is 16.5. The SMILES string of the molecule is COc1ccccc1C1CCCN1Cc1cccc(N)c1. The second-order valence-electron chi connectivity index (χ2n) is 5.62. The summed E-state index contributed by atoms with van der Waals surface area (Å²) in [5.74, 6) is 0.988. The largest absolute Gasteiger partial charge is 0.496 e. The number of anilines is 1. The Kier molecular flexibility index (Phi) is 4.11. The van der Waals surface area contributed by atoms with Crippen molar-refractivity contribution in [2.45, 2.75) is 25.4 Å². The molecule has 3 heteroatoms. The Morgan fingerprint density at radius 3 is 2.86 bits per heavy atom. The Bertz CT molecular complexity index is 612. The minimum absolute atomic E-state index is 0.433. The zero-order valence-electron chi connectivity index (χ0n) is 12.5. The van der Waals surface area contributed by atoms with Crippen molar-refractivity contribution in [2.75, 3.05) is 19.4 Å². The van der Waals surface area contributed by atoms with Crippen molar-refractivity contribution >= 4 is 5.69 Å². The monoisotopic (exact) mass is 282 g/mol. The maximum absolute atomic E-state index is 5.89. The second kappa shape index (κ2) is 6.19. The van der Waals surface area contributed by atoms with Gasteiger partial charge in [0.05, 0.1) is 7.11 Å². The van der Waals surface area contributed by atoms with Crippen LogP contribution < -0.4 is 10.5 Å². The summed E-state index contributed by atoms with van der Waals surface area (Å²) in [6.07, 6.45) is 2.41. The van der Waals surface area contributed by atoms with E-state index in [-0.39, 0.29) is 0 Å². The van der Waals surface area contributed by atoms with Crippen molar-refractivity contribution in [3.63, 3.8) is 0 Å². The summed E-state index contributed by atoms with van der Waals surface area (Å²) < 4.78 is 5.53. The fourth-order valence-electron chi connectivity index (χ4n) is 3.24. The van der Waals surface area contributed by atoms with Gasteiger partial charge in [-0.15, -0.1) is 0 Å². The number of benzene rings is 2. The fraction of sp³-hybridized carbons (Fsp3) is 0.333. The molecule has 2 aromatic carbocycles. The Labute approximate surface area is 126 Å². The van der Waals surface area contributed by atoms with Crippen LogP contribution in [-0.2, 0) is 6.54 Å². The Hall–Kier alpha value is -2.00. The summed E-state index contributed by atoms with van der Waals surface area (Å²) in [5.41, 5.74) is 9.29. The lowest BCUT2D eigenvalue weighted by molar-refractivity contribution is 0.243. The number of methoxy groups -OCH3 is 1. The highest BCUT2D eigenvalue weighted by Gasteiger charge is 2.27. The van der Waals surface area contributed by atoms with E-state index in [9.17, 15) is 0 Å². The molecule has 21 heavy (non-hydrogen) atoms. The first-order valence-electron chi connectivity index (χ1n) is 7.49. The van der Waals surface area contributed by atoms with E-state index in [1.165, 1.54) is 24.0 Å². The van der Waals surface area contributed by atoms with Crippen LogP contribution in [0.1, 0.15) is 30.0 Å². The molecule has 0 amide bonds. The predicted molar refractivity (Wildman–Crippen MR) is 86.2 cm³/mol. The number of likely N-dealkylation sites (tertiary alicyclic amines) is 1. The number of ether oxygens (including phenoxy) is 1. The molecule has 1 aliphatic heterocycles.